The fraction of sp³-hybridized carbons (Fsp3) is 0.192. The van der Waals surface area contributed by atoms with Gasteiger partial charge in [-0.25, -0.2) is 4.98 Å². The molecule has 0 saturated carbocycles. The van der Waals surface area contributed by atoms with Crippen molar-refractivity contribution < 1.29 is 4.74 Å². The molecule has 0 spiro atoms. The Bertz CT molecular complexity index is 1480. The quantitative estimate of drug-likeness (QED) is 0.180. The molecule has 180 valence electrons. The van der Waals surface area contributed by atoms with E-state index in [1.807, 2.05) is 55.5 Å². The van der Waals surface area contributed by atoms with Gasteiger partial charge in [-0.15, -0.1) is 0 Å². The minimum absolute atomic E-state index is 0.0564. The minimum Gasteiger partial charge on any atom is -0.488 e. The molecule has 4 aromatic rings. The lowest BCUT2D eigenvalue weighted by Crippen LogP contribution is -2.23. The zero-order valence-electron chi connectivity index (χ0n) is 18.9. The molecule has 0 aliphatic rings. The van der Waals surface area contributed by atoms with Crippen molar-refractivity contribution in [1.29, 1.82) is 0 Å². The highest BCUT2D eigenvalue weighted by atomic mass is 79.9. The third-order valence-corrected chi connectivity index (χ3v) is 7.79. The minimum atomic E-state index is -0.209. The van der Waals surface area contributed by atoms with Gasteiger partial charge in [-0.05, 0) is 55.0 Å². The van der Waals surface area contributed by atoms with Crippen molar-refractivity contribution in [1.82, 2.24) is 9.66 Å². The van der Waals surface area contributed by atoms with Gasteiger partial charge in [0, 0.05) is 34.9 Å². The largest absolute Gasteiger partial charge is 0.488 e. The predicted molar refractivity (Wildman–Crippen MR) is 156 cm³/mol. The molecule has 1 atom stereocenters. The van der Waals surface area contributed by atoms with Crippen molar-refractivity contribution in [2.45, 2.75) is 32.8 Å². The molecule has 3 aromatic carbocycles. The molecule has 0 bridgehead atoms. The number of nitrogens with zero attached hydrogens (tertiary/aromatic N) is 3. The summed E-state index contributed by atoms with van der Waals surface area (Å²) in [6, 6.07) is 17.2. The van der Waals surface area contributed by atoms with E-state index in [-0.39, 0.29) is 11.5 Å². The fourth-order valence-corrected chi connectivity index (χ4v) is 5.35. The highest BCUT2D eigenvalue weighted by molar-refractivity contribution is 9.11. The van der Waals surface area contributed by atoms with Crippen LogP contribution in [0.5, 0.6) is 5.75 Å². The first-order chi connectivity index (χ1) is 16.8. The highest BCUT2D eigenvalue weighted by Crippen LogP contribution is 2.27. The van der Waals surface area contributed by atoms with Crippen molar-refractivity contribution in [2.24, 2.45) is 5.10 Å². The number of hydrogen-bond donors (Lipinski definition) is 0. The maximum absolute atomic E-state index is 13.4. The molecule has 0 amide bonds. The summed E-state index contributed by atoms with van der Waals surface area (Å²) in [6.07, 6.45) is 2.48. The lowest BCUT2D eigenvalue weighted by atomic mass is 10.1. The third kappa shape index (κ3) is 6.13. The summed E-state index contributed by atoms with van der Waals surface area (Å²) >= 11 is 14.0. The molecule has 35 heavy (non-hydrogen) atoms. The van der Waals surface area contributed by atoms with E-state index < -0.39 is 0 Å². The number of ether oxygens (including phenoxy) is 1. The molecule has 0 radical (unpaired) electrons. The van der Waals surface area contributed by atoms with Gasteiger partial charge in [0.05, 0.1) is 17.1 Å². The Kier molecular flexibility index (Phi) is 8.63. The second kappa shape index (κ2) is 11.5. The van der Waals surface area contributed by atoms with E-state index in [0.29, 0.717) is 29.1 Å². The Morgan fingerprint density at radius 3 is 2.43 bits per heavy atom. The Hall–Kier alpha value is -1.81. The number of hydrogen-bond acceptors (Lipinski definition) is 4. The van der Waals surface area contributed by atoms with E-state index >= 15 is 0 Å². The van der Waals surface area contributed by atoms with Crippen LogP contribution in [0.3, 0.4) is 0 Å². The van der Waals surface area contributed by atoms with Gasteiger partial charge in [0.25, 0.3) is 5.56 Å². The average Bonchev–Trinajstić information content (AvgIpc) is 2.83. The first-order valence-corrected chi connectivity index (χ1v) is 14.1. The van der Waals surface area contributed by atoms with Crippen molar-refractivity contribution in [2.75, 3.05) is 0 Å². The van der Waals surface area contributed by atoms with Gasteiger partial charge in [0.1, 0.15) is 18.2 Å². The van der Waals surface area contributed by atoms with Crippen LogP contribution in [0, 0.1) is 0 Å². The molecule has 0 saturated heterocycles. The highest BCUT2D eigenvalue weighted by Gasteiger charge is 2.16. The number of halogens is 4. The smallest absolute Gasteiger partial charge is 0.282 e. The number of aromatic nitrogens is 2. The molecule has 0 aliphatic heterocycles. The van der Waals surface area contributed by atoms with Gasteiger partial charge in [-0.2, -0.15) is 9.78 Å². The summed E-state index contributed by atoms with van der Waals surface area (Å²) in [7, 11) is 0. The van der Waals surface area contributed by atoms with Gasteiger partial charge >= 0.3 is 0 Å². The SMILES string of the molecule is CC[C@@H](C)c1nc2ccc(Br)cc2c(=O)n1N=Cc1cc(Br)ccc1OCc1ccc(Br)cc1Br. The van der Waals surface area contributed by atoms with Gasteiger partial charge < -0.3 is 4.74 Å². The first kappa shape index (κ1) is 26.3. The Morgan fingerprint density at radius 1 is 1.00 bits per heavy atom. The van der Waals surface area contributed by atoms with Gasteiger partial charge in [0.2, 0.25) is 0 Å². The maximum Gasteiger partial charge on any atom is 0.282 e. The van der Waals surface area contributed by atoms with Crippen LogP contribution < -0.4 is 10.3 Å². The molecule has 5 nitrogen and oxygen atoms in total. The molecular weight excluding hydrogens is 706 g/mol. The average molecular weight is 727 g/mol. The van der Waals surface area contributed by atoms with Crippen molar-refractivity contribution in [3.63, 3.8) is 0 Å². The lowest BCUT2D eigenvalue weighted by molar-refractivity contribution is 0.305. The summed E-state index contributed by atoms with van der Waals surface area (Å²) in [5, 5.41) is 5.10. The molecule has 0 N–H and O–H groups in total. The summed E-state index contributed by atoms with van der Waals surface area (Å²) in [5.74, 6) is 1.34. The first-order valence-electron chi connectivity index (χ1n) is 10.9. The van der Waals surface area contributed by atoms with Crippen LogP contribution in [-0.4, -0.2) is 15.9 Å². The van der Waals surface area contributed by atoms with Gasteiger partial charge in [0.15, 0.2) is 0 Å². The molecule has 4 rings (SSSR count). The van der Waals surface area contributed by atoms with Crippen LogP contribution in [0.15, 0.2) is 82.4 Å². The van der Waals surface area contributed by atoms with Gasteiger partial charge in [-0.1, -0.05) is 83.6 Å². The zero-order chi connectivity index (χ0) is 25.1. The number of rotatable bonds is 7. The summed E-state index contributed by atoms with van der Waals surface area (Å²) in [6.45, 7) is 4.49. The summed E-state index contributed by atoms with van der Waals surface area (Å²) in [4.78, 5) is 18.2. The van der Waals surface area contributed by atoms with Crippen molar-refractivity contribution in [3.8, 4) is 5.75 Å². The van der Waals surface area contributed by atoms with Crippen LogP contribution in [0.4, 0.5) is 0 Å². The van der Waals surface area contributed by atoms with E-state index in [1.165, 1.54) is 4.68 Å². The second-order valence-electron chi connectivity index (χ2n) is 8.01. The van der Waals surface area contributed by atoms with Crippen LogP contribution in [-0.2, 0) is 6.61 Å². The van der Waals surface area contributed by atoms with Crippen molar-refractivity contribution >= 4 is 80.8 Å². The Balaban J connectivity index is 1.74. The van der Waals surface area contributed by atoms with E-state index in [9.17, 15) is 4.79 Å². The topological polar surface area (TPSA) is 56.5 Å². The molecule has 1 aromatic heterocycles. The normalized spacial score (nSPS) is 12.4. The van der Waals surface area contributed by atoms with Crippen LogP contribution in [0.1, 0.15) is 43.1 Å². The molecular formula is C26H21Br4N3O2. The predicted octanol–water partition coefficient (Wildman–Crippen LogP) is 8.42. The lowest BCUT2D eigenvalue weighted by Gasteiger charge is -2.14. The van der Waals surface area contributed by atoms with Crippen LogP contribution >= 0.6 is 63.7 Å². The third-order valence-electron chi connectivity index (χ3n) is 5.57. The Morgan fingerprint density at radius 2 is 1.69 bits per heavy atom. The number of fused-ring (bicyclic) bond motifs is 1. The zero-order valence-corrected chi connectivity index (χ0v) is 25.3. The molecule has 9 heteroatoms. The van der Waals surface area contributed by atoms with Crippen LogP contribution in [0.25, 0.3) is 10.9 Å². The molecule has 1 heterocycles. The summed E-state index contributed by atoms with van der Waals surface area (Å²) < 4.78 is 11.2. The van der Waals surface area contributed by atoms with E-state index in [1.54, 1.807) is 12.3 Å². The number of benzene rings is 3. The van der Waals surface area contributed by atoms with Crippen molar-refractivity contribution in [3.05, 3.63) is 99.8 Å². The fourth-order valence-electron chi connectivity index (χ4n) is 3.44. The van der Waals surface area contributed by atoms with Gasteiger partial charge in [-0.3, -0.25) is 4.79 Å². The molecule has 0 fully saturated rings. The van der Waals surface area contributed by atoms with E-state index in [0.717, 1.165) is 35.4 Å². The van der Waals surface area contributed by atoms with E-state index in [2.05, 4.69) is 75.7 Å². The summed E-state index contributed by atoms with van der Waals surface area (Å²) in [5.41, 5.74) is 2.20. The standard InChI is InChI=1S/C26H21Br4N3O2/c1-3-15(2)25-32-23-8-6-19(28)11-21(23)26(34)33(25)31-13-17-10-18(27)7-9-24(17)35-14-16-4-5-20(29)12-22(16)30/h4-13,15H,3,14H2,1-2H3/t15-/m1/s1. The molecule has 0 unspecified atom stereocenters. The maximum atomic E-state index is 13.4. The monoisotopic (exact) mass is 723 g/mol. The Labute approximate surface area is 237 Å². The second-order valence-corrected chi connectivity index (χ2v) is 11.6. The van der Waals surface area contributed by atoms with Crippen LogP contribution in [0.2, 0.25) is 0 Å². The van der Waals surface area contributed by atoms with E-state index in [4.69, 9.17) is 9.72 Å². The molecule has 0 aliphatic carbocycles.